The predicted octanol–water partition coefficient (Wildman–Crippen LogP) is 5.27. The Morgan fingerprint density at radius 3 is 2.71 bits per heavy atom. The minimum Gasteiger partial charge on any atom is -0.413 e. The van der Waals surface area contributed by atoms with Crippen molar-refractivity contribution in [2.24, 2.45) is 0 Å². The van der Waals surface area contributed by atoms with Crippen molar-refractivity contribution in [3.8, 4) is 5.75 Å². The Kier molecular flexibility index (Phi) is 4.08. The van der Waals surface area contributed by atoms with E-state index in [1.54, 1.807) is 0 Å². The van der Waals surface area contributed by atoms with E-state index in [2.05, 4.69) is 18.2 Å². The van der Waals surface area contributed by atoms with Gasteiger partial charge in [0.2, 0.25) is 0 Å². The summed E-state index contributed by atoms with van der Waals surface area (Å²) in [7, 11) is 0. The van der Waals surface area contributed by atoms with E-state index in [0.717, 1.165) is 11.1 Å². The molecule has 21 heavy (non-hydrogen) atoms. The second kappa shape index (κ2) is 5.84. The summed E-state index contributed by atoms with van der Waals surface area (Å²) in [4.78, 5) is 0. The van der Waals surface area contributed by atoms with E-state index in [-0.39, 0.29) is 5.92 Å². The summed E-state index contributed by atoms with van der Waals surface area (Å²) in [5.74, 6) is 0.672. The Bertz CT molecular complexity index is 687. The first-order valence-corrected chi connectivity index (χ1v) is 9.29. The van der Waals surface area contributed by atoms with Crippen LogP contribution in [0.25, 0.3) is 0 Å². The van der Waals surface area contributed by atoms with Gasteiger partial charge in [0.25, 0.3) is 0 Å². The zero-order valence-corrected chi connectivity index (χ0v) is 13.3. The molecule has 2 aromatic rings. The fourth-order valence-corrected chi connectivity index (χ4v) is 3.84. The van der Waals surface area contributed by atoms with Gasteiger partial charge >= 0.3 is 6.95 Å². The summed E-state index contributed by atoms with van der Waals surface area (Å²) in [5, 5.41) is 0. The molecule has 1 aliphatic heterocycles. The van der Waals surface area contributed by atoms with Gasteiger partial charge < -0.3 is 4.52 Å². The summed E-state index contributed by atoms with van der Waals surface area (Å²) in [5.41, 5.74) is 3.32. The summed E-state index contributed by atoms with van der Waals surface area (Å²) in [6, 6.07) is 16.0. The molecule has 0 saturated heterocycles. The third kappa shape index (κ3) is 3.32. The van der Waals surface area contributed by atoms with E-state index in [1.807, 2.05) is 37.3 Å². The van der Waals surface area contributed by atoms with Gasteiger partial charge in [0, 0.05) is 22.7 Å². The zero-order chi connectivity index (χ0) is 14.9. The molecule has 0 spiro atoms. The Morgan fingerprint density at radius 2 is 1.95 bits per heavy atom. The van der Waals surface area contributed by atoms with Crippen molar-refractivity contribution in [3.63, 3.8) is 0 Å². The molecule has 0 amide bonds. The highest BCUT2D eigenvalue weighted by Gasteiger charge is 2.30. The first kappa shape index (κ1) is 14.6. The molecule has 110 valence electrons. The molecule has 1 aliphatic rings. The van der Waals surface area contributed by atoms with Gasteiger partial charge in [-0.05, 0) is 25.0 Å². The van der Waals surface area contributed by atoms with Crippen LogP contribution >= 0.6 is 18.2 Å². The van der Waals surface area contributed by atoms with Gasteiger partial charge in [-0.3, -0.25) is 4.52 Å². The van der Waals surface area contributed by atoms with Gasteiger partial charge in [-0.15, -0.1) is 0 Å². The van der Waals surface area contributed by atoms with Gasteiger partial charge in [0.05, 0.1) is 6.61 Å². The highest BCUT2D eigenvalue weighted by atomic mass is 35.7. The van der Waals surface area contributed by atoms with Gasteiger partial charge in [-0.2, -0.15) is 0 Å². The third-order valence-corrected chi connectivity index (χ3v) is 5.01. The molecular weight excluding hydrogens is 307 g/mol. The SMILES string of the molecule is Cc1ccc2c(c1)C(c1ccccc1)CCOP(=O)(Cl)O2. The minimum atomic E-state index is -3.55. The number of hydrogen-bond donors (Lipinski definition) is 0. The van der Waals surface area contributed by atoms with E-state index < -0.39 is 6.95 Å². The van der Waals surface area contributed by atoms with Gasteiger partial charge in [0.1, 0.15) is 5.75 Å². The van der Waals surface area contributed by atoms with Crippen LogP contribution in [-0.4, -0.2) is 6.61 Å². The van der Waals surface area contributed by atoms with Crippen molar-refractivity contribution in [3.05, 3.63) is 65.2 Å². The third-order valence-electron chi connectivity index (χ3n) is 3.60. The lowest BCUT2D eigenvalue weighted by molar-refractivity contribution is 0.261. The second-order valence-corrected chi connectivity index (χ2v) is 7.69. The topological polar surface area (TPSA) is 35.5 Å². The second-order valence-electron chi connectivity index (χ2n) is 5.15. The number of fused-ring (bicyclic) bond motifs is 1. The van der Waals surface area contributed by atoms with Crippen LogP contribution in [0.4, 0.5) is 0 Å². The molecule has 0 bridgehead atoms. The van der Waals surface area contributed by atoms with Crippen LogP contribution in [0.15, 0.2) is 48.5 Å². The number of halogens is 1. The van der Waals surface area contributed by atoms with E-state index in [9.17, 15) is 4.57 Å². The monoisotopic (exact) mass is 322 g/mol. The smallest absolute Gasteiger partial charge is 0.413 e. The number of hydrogen-bond acceptors (Lipinski definition) is 3. The average Bonchev–Trinajstić information content (AvgIpc) is 2.45. The summed E-state index contributed by atoms with van der Waals surface area (Å²) in [6.45, 7) is -1.23. The van der Waals surface area contributed by atoms with Gasteiger partial charge in [-0.1, -0.05) is 48.0 Å². The Morgan fingerprint density at radius 1 is 1.19 bits per heavy atom. The van der Waals surface area contributed by atoms with Crippen molar-refractivity contribution in [1.82, 2.24) is 0 Å². The molecule has 5 heteroatoms. The molecule has 1 heterocycles. The Balaban J connectivity index is 2.11. The number of aryl methyl sites for hydroxylation is 1. The summed E-state index contributed by atoms with van der Waals surface area (Å²) in [6.07, 6.45) is 0.709. The fourth-order valence-electron chi connectivity index (χ4n) is 2.63. The van der Waals surface area contributed by atoms with Crippen LogP contribution < -0.4 is 4.52 Å². The van der Waals surface area contributed by atoms with E-state index in [0.29, 0.717) is 18.8 Å². The standard InChI is InChI=1S/C16H16ClO3P/c1-12-7-8-16-15(11-12)14(13-5-3-2-4-6-13)9-10-19-21(17,18)20-16/h2-8,11,14H,9-10H2,1H3. The number of rotatable bonds is 1. The molecule has 2 unspecified atom stereocenters. The lowest BCUT2D eigenvalue weighted by Crippen LogP contribution is -2.11. The molecule has 0 aromatic heterocycles. The van der Waals surface area contributed by atoms with Crippen molar-refractivity contribution in [1.29, 1.82) is 0 Å². The van der Waals surface area contributed by atoms with Crippen molar-refractivity contribution < 1.29 is 13.6 Å². The quantitative estimate of drug-likeness (QED) is 0.671. The maximum Gasteiger partial charge on any atom is 0.476 e. The van der Waals surface area contributed by atoms with Crippen LogP contribution in [0.2, 0.25) is 0 Å². The first-order chi connectivity index (χ1) is 10.1. The lowest BCUT2D eigenvalue weighted by Gasteiger charge is -2.26. The predicted molar refractivity (Wildman–Crippen MR) is 84.1 cm³/mol. The van der Waals surface area contributed by atoms with Crippen molar-refractivity contribution >= 4 is 18.2 Å². The molecule has 0 aliphatic carbocycles. The van der Waals surface area contributed by atoms with Crippen molar-refractivity contribution in [2.45, 2.75) is 19.3 Å². The van der Waals surface area contributed by atoms with Crippen LogP contribution in [-0.2, 0) is 9.09 Å². The van der Waals surface area contributed by atoms with Crippen molar-refractivity contribution in [2.75, 3.05) is 6.61 Å². The highest BCUT2D eigenvalue weighted by Crippen LogP contribution is 2.56. The Hall–Kier alpha value is -1.28. The maximum atomic E-state index is 12.0. The van der Waals surface area contributed by atoms with Crippen LogP contribution in [0, 0.1) is 6.92 Å². The van der Waals surface area contributed by atoms with E-state index >= 15 is 0 Å². The molecular formula is C16H16ClO3P. The van der Waals surface area contributed by atoms with Crippen LogP contribution in [0.1, 0.15) is 29.0 Å². The molecule has 2 aromatic carbocycles. The zero-order valence-electron chi connectivity index (χ0n) is 11.7. The molecule has 2 atom stereocenters. The maximum absolute atomic E-state index is 12.0. The highest BCUT2D eigenvalue weighted by molar-refractivity contribution is 7.81. The molecule has 3 nitrogen and oxygen atoms in total. The van der Waals surface area contributed by atoms with Gasteiger partial charge in [0.15, 0.2) is 0 Å². The van der Waals surface area contributed by atoms with Crippen LogP contribution in [0.3, 0.4) is 0 Å². The lowest BCUT2D eigenvalue weighted by atomic mass is 9.87. The largest absolute Gasteiger partial charge is 0.476 e. The molecule has 0 fully saturated rings. The molecule has 0 saturated carbocycles. The number of benzene rings is 2. The fraction of sp³-hybridized carbons (Fsp3) is 0.250. The van der Waals surface area contributed by atoms with Gasteiger partial charge in [-0.25, -0.2) is 4.57 Å². The summed E-state index contributed by atoms with van der Waals surface area (Å²) < 4.78 is 22.7. The van der Waals surface area contributed by atoms with Crippen LogP contribution in [0.5, 0.6) is 5.75 Å². The average molecular weight is 323 g/mol. The molecule has 0 N–H and O–H groups in total. The van der Waals surface area contributed by atoms with E-state index in [4.69, 9.17) is 20.3 Å². The molecule has 3 rings (SSSR count). The summed E-state index contributed by atoms with van der Waals surface area (Å²) >= 11 is 5.82. The first-order valence-electron chi connectivity index (χ1n) is 6.84. The minimum absolute atomic E-state index is 0.137. The van der Waals surface area contributed by atoms with E-state index in [1.165, 1.54) is 5.56 Å². The molecule has 0 radical (unpaired) electrons. The normalized spacial score (nSPS) is 25.3. The Labute approximate surface area is 129 Å².